The molecule has 2 atom stereocenters. The average molecular weight is 487 g/mol. The molecule has 4 aromatic rings. The highest BCUT2D eigenvalue weighted by atomic mass is 35.5. The summed E-state index contributed by atoms with van der Waals surface area (Å²) in [7, 11) is 0. The van der Waals surface area contributed by atoms with Crippen LogP contribution in [-0.2, 0) is 4.74 Å². The molecule has 0 spiro atoms. The van der Waals surface area contributed by atoms with Crippen molar-refractivity contribution in [2.75, 3.05) is 0 Å². The predicted molar refractivity (Wildman–Crippen MR) is 134 cm³/mol. The van der Waals surface area contributed by atoms with E-state index in [1.807, 2.05) is 6.07 Å². The van der Waals surface area contributed by atoms with Crippen LogP contribution >= 0.6 is 11.6 Å². The molecule has 0 bridgehead atoms. The molecular formula is C28H23ClN2O4. The molecule has 176 valence electrons. The number of halogens is 1. The number of carbonyl (C=O) groups excluding carboxylic acids is 3. The van der Waals surface area contributed by atoms with Gasteiger partial charge in [-0.1, -0.05) is 84.4 Å². The lowest BCUT2D eigenvalue weighted by molar-refractivity contribution is 0.0312. The van der Waals surface area contributed by atoms with E-state index >= 15 is 0 Å². The maximum atomic E-state index is 13.1. The highest BCUT2D eigenvalue weighted by Crippen LogP contribution is 2.27. The molecule has 1 aromatic heterocycles. The zero-order valence-corrected chi connectivity index (χ0v) is 20.0. The highest BCUT2D eigenvalue weighted by Gasteiger charge is 2.27. The summed E-state index contributed by atoms with van der Waals surface area (Å²) in [5.74, 6) is -1.23. The molecule has 0 aliphatic heterocycles. The molecule has 7 heteroatoms. The summed E-state index contributed by atoms with van der Waals surface area (Å²) < 4.78 is 6.93. The molecule has 6 nitrogen and oxygen atoms in total. The Balaban J connectivity index is 1.65. The van der Waals surface area contributed by atoms with Gasteiger partial charge in [0.25, 0.3) is 0 Å². The van der Waals surface area contributed by atoms with Gasteiger partial charge in [0, 0.05) is 16.1 Å². The Morgan fingerprint density at radius 1 is 0.800 bits per heavy atom. The van der Waals surface area contributed by atoms with Crippen LogP contribution in [0.5, 0.6) is 0 Å². The normalized spacial score (nSPS) is 12.5. The molecule has 35 heavy (non-hydrogen) atoms. The van der Waals surface area contributed by atoms with E-state index in [2.05, 4.69) is 5.10 Å². The minimum Gasteiger partial charge on any atom is -0.449 e. The first-order valence-corrected chi connectivity index (χ1v) is 11.5. The summed E-state index contributed by atoms with van der Waals surface area (Å²) in [5, 5.41) is 4.97. The summed E-state index contributed by atoms with van der Waals surface area (Å²) in [5.41, 5.74) is 2.25. The topological polar surface area (TPSA) is 78.3 Å². The average Bonchev–Trinajstić information content (AvgIpc) is 3.34. The van der Waals surface area contributed by atoms with Gasteiger partial charge in [-0.2, -0.15) is 5.10 Å². The van der Waals surface area contributed by atoms with Crippen LogP contribution in [0.15, 0.2) is 91.0 Å². The van der Waals surface area contributed by atoms with Crippen molar-refractivity contribution in [3.05, 3.63) is 113 Å². The van der Waals surface area contributed by atoms with Crippen molar-refractivity contribution in [2.45, 2.75) is 26.0 Å². The molecule has 0 radical (unpaired) electrons. The van der Waals surface area contributed by atoms with Gasteiger partial charge >= 0.3 is 5.97 Å². The minimum absolute atomic E-state index is 0.00428. The SMILES string of the molecule is C[C@@H](OC(=O)c1cc(-c2ccc(Cl)cc2)n([C@@H](C)C(=O)c2ccccc2)n1)C(=O)c1ccccc1. The fourth-order valence-corrected chi connectivity index (χ4v) is 3.82. The third-order valence-electron chi connectivity index (χ3n) is 5.60. The number of carbonyl (C=O) groups is 3. The molecular weight excluding hydrogens is 464 g/mol. The number of benzene rings is 3. The van der Waals surface area contributed by atoms with E-state index in [0.29, 0.717) is 21.8 Å². The Bertz CT molecular complexity index is 1350. The van der Waals surface area contributed by atoms with Crippen molar-refractivity contribution < 1.29 is 19.1 Å². The number of aromatic nitrogens is 2. The predicted octanol–water partition coefficient (Wildman–Crippen LogP) is 6.08. The number of hydrogen-bond acceptors (Lipinski definition) is 5. The second-order valence-corrected chi connectivity index (χ2v) is 8.49. The standard InChI is InChI=1S/C28H23ClN2O4/c1-18(26(32)21-9-5-3-6-10-21)31-25(20-13-15-23(29)16-14-20)17-24(30-31)28(34)35-19(2)27(33)22-11-7-4-8-12-22/h3-19H,1-2H3/t18-,19+/m0/s1. The Hall–Kier alpha value is -4.03. The Morgan fingerprint density at radius 3 is 1.91 bits per heavy atom. The van der Waals surface area contributed by atoms with Crippen molar-refractivity contribution in [3.8, 4) is 11.3 Å². The Labute approximate surface area is 208 Å². The van der Waals surface area contributed by atoms with Gasteiger partial charge in [0.1, 0.15) is 6.04 Å². The maximum absolute atomic E-state index is 13.1. The van der Waals surface area contributed by atoms with Crippen LogP contribution in [0, 0.1) is 0 Å². The largest absolute Gasteiger partial charge is 0.449 e. The fraction of sp³-hybridized carbons (Fsp3) is 0.143. The number of ketones is 2. The van der Waals surface area contributed by atoms with Gasteiger partial charge in [-0.25, -0.2) is 4.79 Å². The summed E-state index contributed by atoms with van der Waals surface area (Å²) in [6.45, 7) is 3.24. The smallest absolute Gasteiger partial charge is 0.359 e. The third-order valence-corrected chi connectivity index (χ3v) is 5.85. The molecule has 0 unspecified atom stereocenters. The van der Waals surface area contributed by atoms with Crippen LogP contribution in [0.1, 0.15) is 51.1 Å². The molecule has 0 N–H and O–H groups in total. The first kappa shape index (κ1) is 24.1. The molecule has 0 saturated heterocycles. The molecule has 1 heterocycles. The molecule has 0 fully saturated rings. The molecule has 0 amide bonds. The first-order valence-electron chi connectivity index (χ1n) is 11.1. The van der Waals surface area contributed by atoms with E-state index < -0.39 is 18.1 Å². The van der Waals surface area contributed by atoms with Crippen molar-refractivity contribution in [1.29, 1.82) is 0 Å². The lowest BCUT2D eigenvalue weighted by Crippen LogP contribution is -2.25. The van der Waals surface area contributed by atoms with Gasteiger partial charge in [-0.15, -0.1) is 0 Å². The number of Topliss-reactive ketones (excluding diaryl/α,β-unsaturated/α-hetero) is 2. The van der Waals surface area contributed by atoms with E-state index in [1.54, 1.807) is 91.9 Å². The molecule has 4 rings (SSSR count). The Kier molecular flexibility index (Phi) is 7.22. The van der Waals surface area contributed by atoms with E-state index in [-0.39, 0.29) is 17.3 Å². The first-order chi connectivity index (χ1) is 16.8. The zero-order valence-electron chi connectivity index (χ0n) is 19.2. The van der Waals surface area contributed by atoms with Crippen molar-refractivity contribution in [1.82, 2.24) is 9.78 Å². The van der Waals surface area contributed by atoms with Crippen LogP contribution in [0.3, 0.4) is 0 Å². The van der Waals surface area contributed by atoms with Gasteiger partial charge in [-0.05, 0) is 37.6 Å². The number of esters is 1. The quantitative estimate of drug-likeness (QED) is 0.223. The lowest BCUT2D eigenvalue weighted by atomic mass is 10.0. The number of rotatable bonds is 8. The molecule has 0 aliphatic rings. The summed E-state index contributed by atoms with van der Waals surface area (Å²) in [6, 6.07) is 25.4. The van der Waals surface area contributed by atoms with E-state index in [9.17, 15) is 14.4 Å². The van der Waals surface area contributed by atoms with Gasteiger partial charge in [0.05, 0.1) is 5.69 Å². The van der Waals surface area contributed by atoms with Crippen LogP contribution in [-0.4, -0.2) is 33.4 Å². The molecule has 3 aromatic carbocycles. The van der Waals surface area contributed by atoms with Gasteiger partial charge < -0.3 is 4.74 Å². The van der Waals surface area contributed by atoms with Crippen molar-refractivity contribution in [2.24, 2.45) is 0 Å². The minimum atomic E-state index is -1.00. The van der Waals surface area contributed by atoms with Gasteiger partial charge in [0.15, 0.2) is 17.6 Å². The van der Waals surface area contributed by atoms with Crippen LogP contribution in [0.25, 0.3) is 11.3 Å². The molecule has 0 saturated carbocycles. The van der Waals surface area contributed by atoms with Crippen LogP contribution in [0.4, 0.5) is 0 Å². The van der Waals surface area contributed by atoms with E-state index in [0.717, 1.165) is 5.56 Å². The lowest BCUT2D eigenvalue weighted by Gasteiger charge is -2.15. The van der Waals surface area contributed by atoms with Crippen LogP contribution in [0.2, 0.25) is 5.02 Å². The second-order valence-electron chi connectivity index (χ2n) is 8.05. The second kappa shape index (κ2) is 10.5. The van der Waals surface area contributed by atoms with Crippen LogP contribution < -0.4 is 0 Å². The number of hydrogen-bond donors (Lipinski definition) is 0. The zero-order chi connectivity index (χ0) is 24.9. The van der Waals surface area contributed by atoms with Gasteiger partial charge in [0.2, 0.25) is 5.78 Å². The number of nitrogens with zero attached hydrogens (tertiary/aromatic N) is 2. The van der Waals surface area contributed by atoms with Crippen molar-refractivity contribution >= 4 is 29.1 Å². The summed E-state index contributed by atoms with van der Waals surface area (Å²) in [4.78, 5) is 38.7. The molecule has 0 aliphatic carbocycles. The Morgan fingerprint density at radius 2 is 1.34 bits per heavy atom. The summed E-state index contributed by atoms with van der Waals surface area (Å²) in [6.07, 6.45) is -1.00. The number of ether oxygens (including phenoxy) is 1. The van der Waals surface area contributed by atoms with E-state index in [4.69, 9.17) is 16.3 Å². The van der Waals surface area contributed by atoms with E-state index in [1.165, 1.54) is 11.6 Å². The highest BCUT2D eigenvalue weighted by molar-refractivity contribution is 6.30. The maximum Gasteiger partial charge on any atom is 0.359 e. The fourth-order valence-electron chi connectivity index (χ4n) is 3.69. The third kappa shape index (κ3) is 5.39. The van der Waals surface area contributed by atoms with Crippen molar-refractivity contribution in [3.63, 3.8) is 0 Å². The van der Waals surface area contributed by atoms with Gasteiger partial charge in [-0.3, -0.25) is 14.3 Å². The monoisotopic (exact) mass is 486 g/mol. The summed E-state index contributed by atoms with van der Waals surface area (Å²) >= 11 is 6.04.